The molecule has 1 aliphatic heterocycles. The van der Waals surface area contributed by atoms with Crippen LogP contribution in [0.15, 0.2) is 18.2 Å². The van der Waals surface area contributed by atoms with Crippen LogP contribution in [0.25, 0.3) is 0 Å². The molecule has 3 atom stereocenters. The number of aliphatic hydroxyl groups excluding tert-OH is 1. The monoisotopic (exact) mass is 519 g/mol. The summed E-state index contributed by atoms with van der Waals surface area (Å²) in [7, 11) is 1.53. The molecule has 0 aromatic heterocycles. The van der Waals surface area contributed by atoms with E-state index in [4.69, 9.17) is 14.2 Å². The smallest absolute Gasteiger partial charge is 0.302 e. The van der Waals surface area contributed by atoms with Crippen LogP contribution in [0.1, 0.15) is 84.1 Å². The Morgan fingerprint density at radius 2 is 1.68 bits per heavy atom. The summed E-state index contributed by atoms with van der Waals surface area (Å²) in [5, 5.41) is 23.5. The highest BCUT2D eigenvalue weighted by Crippen LogP contribution is 2.56. The van der Waals surface area contributed by atoms with Gasteiger partial charge in [0.2, 0.25) is 0 Å². The van der Waals surface area contributed by atoms with Gasteiger partial charge in [0.15, 0.2) is 11.5 Å². The Bertz CT molecular complexity index is 904. The number of esters is 2. The van der Waals surface area contributed by atoms with Gasteiger partial charge in [0.1, 0.15) is 12.2 Å². The van der Waals surface area contributed by atoms with Crippen molar-refractivity contribution in [3.05, 3.63) is 23.8 Å². The molecule has 8 heteroatoms. The van der Waals surface area contributed by atoms with E-state index < -0.39 is 23.7 Å². The molecule has 1 saturated carbocycles. The second kappa shape index (κ2) is 13.0. The average Bonchev–Trinajstić information content (AvgIpc) is 3.34. The summed E-state index contributed by atoms with van der Waals surface area (Å²) in [5.41, 5.74) is 0.111. The number of carbonyl (C=O) groups is 2. The zero-order chi connectivity index (χ0) is 27.1. The van der Waals surface area contributed by atoms with E-state index in [9.17, 15) is 19.8 Å². The van der Waals surface area contributed by atoms with E-state index >= 15 is 0 Å². The summed E-state index contributed by atoms with van der Waals surface area (Å²) in [6.45, 7) is 6.26. The van der Waals surface area contributed by atoms with Gasteiger partial charge in [0.25, 0.3) is 0 Å². The minimum atomic E-state index is -0.506. The van der Waals surface area contributed by atoms with Crippen molar-refractivity contribution in [2.45, 2.75) is 103 Å². The molecule has 3 N–H and O–H groups in total. The third kappa shape index (κ3) is 7.17. The first-order valence-corrected chi connectivity index (χ1v) is 13.7. The highest BCUT2D eigenvalue weighted by molar-refractivity contribution is 5.67. The van der Waals surface area contributed by atoms with E-state index in [0.717, 1.165) is 57.2 Å². The number of hydrogen-bond acceptors (Lipinski definition) is 8. The van der Waals surface area contributed by atoms with Crippen molar-refractivity contribution in [3.63, 3.8) is 0 Å². The van der Waals surface area contributed by atoms with Crippen molar-refractivity contribution < 1.29 is 34.0 Å². The molecular formula is C29H45NO7. The van der Waals surface area contributed by atoms with E-state index in [1.54, 1.807) is 13.0 Å². The first kappa shape index (κ1) is 29.2. The number of ether oxygens (including phenoxy) is 3. The van der Waals surface area contributed by atoms with Gasteiger partial charge in [-0.15, -0.1) is 0 Å². The van der Waals surface area contributed by atoms with Crippen molar-refractivity contribution in [3.8, 4) is 11.5 Å². The summed E-state index contributed by atoms with van der Waals surface area (Å²) in [4.78, 5) is 25.0. The van der Waals surface area contributed by atoms with E-state index in [1.165, 1.54) is 21.0 Å². The second-order valence-electron chi connectivity index (χ2n) is 11.1. The summed E-state index contributed by atoms with van der Waals surface area (Å²) >= 11 is 0. The van der Waals surface area contributed by atoms with Crippen LogP contribution in [-0.4, -0.2) is 60.7 Å². The Morgan fingerprint density at radius 1 is 1.03 bits per heavy atom. The van der Waals surface area contributed by atoms with Crippen LogP contribution in [0.3, 0.4) is 0 Å². The van der Waals surface area contributed by atoms with Gasteiger partial charge in [0, 0.05) is 24.7 Å². The molecule has 0 bridgehead atoms. The maximum atomic E-state index is 12.7. The number of nitrogens with one attached hydrogen (secondary N) is 1. The normalized spacial score (nSPS) is 21.0. The molecule has 0 spiro atoms. The lowest BCUT2D eigenvalue weighted by Gasteiger charge is -2.53. The number of aliphatic hydroxyl groups is 1. The lowest BCUT2D eigenvalue weighted by Crippen LogP contribution is -2.58. The Labute approximate surface area is 221 Å². The number of methoxy groups -OCH3 is 1. The second-order valence-corrected chi connectivity index (χ2v) is 11.1. The van der Waals surface area contributed by atoms with Gasteiger partial charge >= 0.3 is 11.9 Å². The lowest BCUT2D eigenvalue weighted by molar-refractivity contribution is -0.194. The van der Waals surface area contributed by atoms with Crippen LogP contribution in [0.4, 0.5) is 0 Å². The average molecular weight is 520 g/mol. The van der Waals surface area contributed by atoms with Crippen LogP contribution in [0.2, 0.25) is 0 Å². The van der Waals surface area contributed by atoms with Crippen molar-refractivity contribution in [1.29, 1.82) is 0 Å². The predicted octanol–water partition coefficient (Wildman–Crippen LogP) is 4.29. The molecule has 37 heavy (non-hydrogen) atoms. The Morgan fingerprint density at radius 3 is 2.24 bits per heavy atom. The number of benzene rings is 1. The zero-order valence-electron chi connectivity index (χ0n) is 22.9. The van der Waals surface area contributed by atoms with Crippen molar-refractivity contribution in [2.75, 3.05) is 20.2 Å². The first-order chi connectivity index (χ1) is 17.6. The number of rotatable bonds is 12. The molecule has 1 aromatic carbocycles. The van der Waals surface area contributed by atoms with Crippen LogP contribution < -0.4 is 10.1 Å². The quantitative estimate of drug-likeness (QED) is 0.351. The van der Waals surface area contributed by atoms with E-state index in [-0.39, 0.29) is 23.1 Å². The third-order valence-corrected chi connectivity index (χ3v) is 8.33. The molecule has 1 aliphatic carbocycles. The molecule has 3 rings (SSSR count). The van der Waals surface area contributed by atoms with Gasteiger partial charge in [-0.3, -0.25) is 9.59 Å². The molecule has 1 heterocycles. The molecular weight excluding hydrogens is 474 g/mol. The van der Waals surface area contributed by atoms with E-state index in [1.807, 2.05) is 12.1 Å². The Hall–Kier alpha value is -2.32. The fourth-order valence-electron chi connectivity index (χ4n) is 6.76. The van der Waals surface area contributed by atoms with Crippen LogP contribution in [0, 0.1) is 10.8 Å². The molecule has 3 unspecified atom stereocenters. The van der Waals surface area contributed by atoms with Crippen molar-refractivity contribution >= 4 is 11.9 Å². The van der Waals surface area contributed by atoms with Gasteiger partial charge in [-0.05, 0) is 89.1 Å². The molecule has 0 amide bonds. The number of phenols is 1. The van der Waals surface area contributed by atoms with E-state index in [0.29, 0.717) is 31.4 Å². The summed E-state index contributed by atoms with van der Waals surface area (Å²) < 4.78 is 17.7. The minimum absolute atomic E-state index is 0.0856. The molecule has 208 valence electrons. The fraction of sp³-hybridized carbons (Fsp3) is 0.724. The highest BCUT2D eigenvalue weighted by Gasteiger charge is 2.58. The summed E-state index contributed by atoms with van der Waals surface area (Å²) in [6, 6.07) is 5.41. The van der Waals surface area contributed by atoms with Crippen LogP contribution in [0.5, 0.6) is 11.5 Å². The molecule has 1 saturated heterocycles. The maximum Gasteiger partial charge on any atom is 0.302 e. The van der Waals surface area contributed by atoms with Crippen molar-refractivity contribution in [1.82, 2.24) is 5.32 Å². The molecule has 1 aromatic rings. The van der Waals surface area contributed by atoms with Gasteiger partial charge in [-0.1, -0.05) is 18.9 Å². The highest BCUT2D eigenvalue weighted by atomic mass is 16.6. The number of carbonyl (C=O) groups excluding carboxylic acids is 2. The van der Waals surface area contributed by atoms with Gasteiger partial charge in [-0.25, -0.2) is 0 Å². The van der Waals surface area contributed by atoms with Crippen molar-refractivity contribution in [2.24, 2.45) is 10.8 Å². The fourth-order valence-corrected chi connectivity index (χ4v) is 6.76. The van der Waals surface area contributed by atoms with Gasteiger partial charge in [0.05, 0.1) is 13.2 Å². The minimum Gasteiger partial charge on any atom is -0.504 e. The Kier molecular flexibility index (Phi) is 10.2. The van der Waals surface area contributed by atoms with Gasteiger partial charge < -0.3 is 29.7 Å². The SMILES string of the molecule is COc1cc(CC2(C(OC(C)=O)C3(C(CCCC(C)O)OC(C)=O)CCCC3)CCNCC2)ccc1O. The first-order valence-electron chi connectivity index (χ1n) is 13.7. The predicted molar refractivity (Wildman–Crippen MR) is 140 cm³/mol. The number of hydrogen-bond donors (Lipinski definition) is 3. The molecule has 0 radical (unpaired) electrons. The van der Waals surface area contributed by atoms with Crippen LogP contribution >= 0.6 is 0 Å². The molecule has 8 nitrogen and oxygen atoms in total. The molecule has 2 fully saturated rings. The van der Waals surface area contributed by atoms with Gasteiger partial charge in [-0.2, -0.15) is 0 Å². The lowest BCUT2D eigenvalue weighted by atomic mass is 9.58. The largest absolute Gasteiger partial charge is 0.504 e. The number of phenolic OH excluding ortho intramolecular Hbond substituents is 1. The summed E-state index contributed by atoms with van der Waals surface area (Å²) in [5.74, 6) is -0.167. The number of piperidine rings is 1. The topological polar surface area (TPSA) is 114 Å². The maximum absolute atomic E-state index is 12.7. The number of aromatic hydroxyl groups is 1. The Balaban J connectivity index is 2.08. The molecule has 2 aliphatic rings. The van der Waals surface area contributed by atoms with E-state index in [2.05, 4.69) is 5.32 Å². The standard InChI is InChI=1S/C29H45NO7/c1-20(31)8-7-9-26(36-21(2)32)29(12-5-6-13-29)27(37-22(3)33)28(14-16-30-17-15-28)19-23-10-11-24(34)25(18-23)35-4/h10-11,18,20,26-27,30-31,34H,5-9,12-17,19H2,1-4H3. The van der Waals surface area contributed by atoms with Crippen LogP contribution in [-0.2, 0) is 25.5 Å². The zero-order valence-corrected chi connectivity index (χ0v) is 22.9. The third-order valence-electron chi connectivity index (χ3n) is 8.33. The summed E-state index contributed by atoms with van der Waals surface area (Å²) in [6.07, 6.45) is 6.50.